The van der Waals surface area contributed by atoms with Gasteiger partial charge < -0.3 is 23.8 Å². The highest BCUT2D eigenvalue weighted by Crippen LogP contribution is 2.38. The summed E-state index contributed by atoms with van der Waals surface area (Å²) in [6.07, 6.45) is 3.16. The fraction of sp³-hybridized carbons (Fsp3) is 0.500. The maximum Gasteiger partial charge on any atom is 0.492 e. The van der Waals surface area contributed by atoms with Crippen LogP contribution in [-0.2, 0) is 14.0 Å². The molecule has 1 aliphatic heterocycles. The summed E-state index contributed by atoms with van der Waals surface area (Å²) >= 11 is 0. The molecule has 0 bridgehead atoms. The number of fused-ring (bicyclic) bond motifs is 1. The molecule has 0 aliphatic carbocycles. The lowest BCUT2D eigenvalue weighted by Crippen LogP contribution is -2.41. The van der Waals surface area contributed by atoms with Gasteiger partial charge in [0.05, 0.1) is 17.5 Å². The van der Waals surface area contributed by atoms with E-state index in [4.69, 9.17) is 18.5 Å². The average Bonchev–Trinajstić information content (AvgIpc) is 3.11. The summed E-state index contributed by atoms with van der Waals surface area (Å²) in [7, 11) is -0.574. The molecular formula is C22H30BNO5. The number of hydrogen-bond acceptors (Lipinski definition) is 5. The number of benzene rings is 1. The second-order valence-corrected chi connectivity index (χ2v) is 9.38. The highest BCUT2D eigenvalue weighted by atomic mass is 16.7. The topological polar surface area (TPSA) is 69.9 Å². The normalized spacial score (nSPS) is 18.9. The van der Waals surface area contributed by atoms with Gasteiger partial charge in [-0.1, -0.05) is 12.1 Å². The first-order valence-electron chi connectivity index (χ1n) is 9.87. The van der Waals surface area contributed by atoms with E-state index >= 15 is 0 Å². The van der Waals surface area contributed by atoms with Crippen LogP contribution in [0.5, 0.6) is 0 Å². The maximum absolute atomic E-state index is 12.2. The van der Waals surface area contributed by atoms with E-state index in [2.05, 4.69) is 5.32 Å². The lowest BCUT2D eigenvalue weighted by Gasteiger charge is -2.32. The van der Waals surface area contributed by atoms with E-state index in [1.807, 2.05) is 78.8 Å². The van der Waals surface area contributed by atoms with Gasteiger partial charge in [-0.15, -0.1) is 0 Å². The Labute approximate surface area is 172 Å². The first kappa shape index (κ1) is 21.5. The number of carbonyl (C=O) groups is 1. The summed E-state index contributed by atoms with van der Waals surface area (Å²) in [5.41, 5.74) is 1.08. The van der Waals surface area contributed by atoms with Crippen LogP contribution in [-0.4, -0.2) is 36.6 Å². The molecule has 2 aromatic rings. The van der Waals surface area contributed by atoms with Gasteiger partial charge in [0.2, 0.25) is 0 Å². The lowest BCUT2D eigenvalue weighted by molar-refractivity contribution is 0.00578. The maximum atomic E-state index is 12.2. The molecule has 0 unspecified atom stereocenters. The highest BCUT2D eigenvalue weighted by Gasteiger charge is 2.52. The molecule has 29 heavy (non-hydrogen) atoms. The van der Waals surface area contributed by atoms with Crippen LogP contribution in [0, 0.1) is 0 Å². The number of amides is 1. The summed E-state index contributed by atoms with van der Waals surface area (Å²) < 4.78 is 23.2. The van der Waals surface area contributed by atoms with Crippen molar-refractivity contribution in [1.29, 1.82) is 0 Å². The van der Waals surface area contributed by atoms with E-state index in [1.165, 1.54) is 0 Å². The zero-order chi connectivity index (χ0) is 21.4. The average molecular weight is 399 g/mol. The molecule has 1 amide bonds. The molecule has 1 fully saturated rings. The number of alkyl carbamates (subject to hydrolysis) is 1. The molecule has 0 saturated carbocycles. The first-order chi connectivity index (χ1) is 13.4. The minimum atomic E-state index is -0.574. The number of nitrogens with one attached hydrogen (secondary N) is 1. The number of furan rings is 1. The van der Waals surface area contributed by atoms with E-state index in [9.17, 15) is 4.79 Å². The summed E-state index contributed by atoms with van der Waals surface area (Å²) in [5.74, 6) is 0. The molecule has 0 radical (unpaired) electrons. The van der Waals surface area contributed by atoms with E-state index in [1.54, 1.807) is 6.26 Å². The Bertz CT molecular complexity index is 907. The third kappa shape index (κ3) is 5.03. The molecule has 2 heterocycles. The number of rotatable bonds is 4. The van der Waals surface area contributed by atoms with E-state index in [-0.39, 0.29) is 6.54 Å². The molecule has 0 spiro atoms. The fourth-order valence-electron chi connectivity index (χ4n) is 2.97. The second kappa shape index (κ2) is 7.54. The summed E-state index contributed by atoms with van der Waals surface area (Å²) in [6.45, 7) is 13.8. The summed E-state index contributed by atoms with van der Waals surface area (Å²) in [6, 6.07) is 7.83. The minimum Gasteiger partial charge on any atom is -0.464 e. The Morgan fingerprint density at radius 2 is 1.79 bits per heavy atom. The van der Waals surface area contributed by atoms with Gasteiger partial charge in [0.25, 0.3) is 0 Å². The van der Waals surface area contributed by atoms with Gasteiger partial charge in [-0.3, -0.25) is 0 Å². The van der Waals surface area contributed by atoms with E-state index in [0.717, 1.165) is 22.0 Å². The Hall–Kier alpha value is -2.25. The van der Waals surface area contributed by atoms with Crippen molar-refractivity contribution >= 4 is 30.3 Å². The van der Waals surface area contributed by atoms with Crippen LogP contribution in [0.2, 0.25) is 0 Å². The van der Waals surface area contributed by atoms with Gasteiger partial charge in [-0.05, 0) is 77.7 Å². The SMILES string of the molecule is CC(C)(C)OC(=O)NCC(=Cc1ccc2occc2c1)B1OC(C)(C)C(C)(C)O1. The van der Waals surface area contributed by atoms with Crippen molar-refractivity contribution < 1.29 is 23.3 Å². The smallest absolute Gasteiger partial charge is 0.464 e. The lowest BCUT2D eigenvalue weighted by atomic mass is 9.77. The van der Waals surface area contributed by atoms with Gasteiger partial charge >= 0.3 is 13.2 Å². The quantitative estimate of drug-likeness (QED) is 0.735. The Balaban J connectivity index is 1.86. The van der Waals surface area contributed by atoms with Crippen molar-refractivity contribution in [3.8, 4) is 0 Å². The zero-order valence-electron chi connectivity index (χ0n) is 18.3. The standard InChI is InChI=1S/C22H30BNO5/c1-20(2,3)27-19(25)24-14-17(23-28-21(4,5)22(6,7)29-23)13-15-8-9-18-16(12-15)10-11-26-18/h8-13H,14H2,1-7H3,(H,24,25). The first-order valence-corrected chi connectivity index (χ1v) is 9.87. The second-order valence-electron chi connectivity index (χ2n) is 9.38. The molecular weight excluding hydrogens is 369 g/mol. The van der Waals surface area contributed by atoms with Gasteiger partial charge in [0, 0.05) is 11.9 Å². The van der Waals surface area contributed by atoms with Crippen molar-refractivity contribution in [3.05, 3.63) is 41.6 Å². The molecule has 1 aromatic carbocycles. The van der Waals surface area contributed by atoms with Crippen molar-refractivity contribution in [2.75, 3.05) is 6.54 Å². The van der Waals surface area contributed by atoms with Crippen LogP contribution >= 0.6 is 0 Å². The van der Waals surface area contributed by atoms with E-state index < -0.39 is 30.0 Å². The Morgan fingerprint density at radius 1 is 1.14 bits per heavy atom. The van der Waals surface area contributed by atoms with Crippen LogP contribution in [0.15, 0.2) is 40.4 Å². The third-order valence-corrected chi connectivity index (χ3v) is 5.22. The zero-order valence-corrected chi connectivity index (χ0v) is 18.3. The Kier molecular flexibility index (Phi) is 5.58. The monoisotopic (exact) mass is 399 g/mol. The van der Waals surface area contributed by atoms with Gasteiger partial charge in [0.15, 0.2) is 0 Å². The number of hydrogen-bond donors (Lipinski definition) is 1. The van der Waals surface area contributed by atoms with Crippen molar-refractivity contribution in [2.24, 2.45) is 0 Å². The van der Waals surface area contributed by atoms with Crippen molar-refractivity contribution in [3.63, 3.8) is 0 Å². The van der Waals surface area contributed by atoms with Gasteiger partial charge in [-0.2, -0.15) is 0 Å². The molecule has 156 valence electrons. The van der Waals surface area contributed by atoms with Crippen LogP contribution in [0.3, 0.4) is 0 Å². The van der Waals surface area contributed by atoms with Crippen LogP contribution in [0.1, 0.15) is 54.0 Å². The van der Waals surface area contributed by atoms with Crippen molar-refractivity contribution in [1.82, 2.24) is 5.32 Å². The molecule has 3 rings (SSSR count). The van der Waals surface area contributed by atoms with Crippen LogP contribution in [0.4, 0.5) is 4.79 Å². The highest BCUT2D eigenvalue weighted by molar-refractivity contribution is 6.56. The molecule has 1 N–H and O–H groups in total. The summed E-state index contributed by atoms with van der Waals surface area (Å²) in [5, 5.41) is 3.82. The molecule has 1 aromatic heterocycles. The molecule has 1 saturated heterocycles. The van der Waals surface area contributed by atoms with Crippen LogP contribution < -0.4 is 5.32 Å². The van der Waals surface area contributed by atoms with Crippen LogP contribution in [0.25, 0.3) is 17.0 Å². The van der Waals surface area contributed by atoms with Crippen molar-refractivity contribution in [2.45, 2.75) is 65.3 Å². The largest absolute Gasteiger partial charge is 0.492 e. The Morgan fingerprint density at radius 3 is 2.41 bits per heavy atom. The molecule has 7 heteroatoms. The van der Waals surface area contributed by atoms with Gasteiger partial charge in [-0.25, -0.2) is 4.79 Å². The molecule has 0 atom stereocenters. The number of ether oxygens (including phenoxy) is 1. The predicted octanol–water partition coefficient (Wildman–Crippen LogP) is 4.97. The molecule has 6 nitrogen and oxygen atoms in total. The number of carbonyl (C=O) groups excluding carboxylic acids is 1. The molecule has 1 aliphatic rings. The van der Waals surface area contributed by atoms with Gasteiger partial charge in [0.1, 0.15) is 11.2 Å². The minimum absolute atomic E-state index is 0.245. The van der Waals surface area contributed by atoms with E-state index in [0.29, 0.717) is 0 Å². The predicted molar refractivity (Wildman–Crippen MR) is 115 cm³/mol. The third-order valence-electron chi connectivity index (χ3n) is 5.22. The summed E-state index contributed by atoms with van der Waals surface area (Å²) in [4.78, 5) is 12.2. The fourth-order valence-corrected chi connectivity index (χ4v) is 2.97.